The molecule has 0 saturated heterocycles. The molecule has 5 heteroatoms. The zero-order chi connectivity index (χ0) is 13.2. The Morgan fingerprint density at radius 2 is 2.16 bits per heavy atom. The first kappa shape index (κ1) is 12.4. The van der Waals surface area contributed by atoms with Gasteiger partial charge in [-0.25, -0.2) is 4.98 Å². The minimum Gasteiger partial charge on any atom is -0.469 e. The molecule has 1 unspecified atom stereocenters. The van der Waals surface area contributed by atoms with Crippen LogP contribution in [0.1, 0.15) is 30.1 Å². The summed E-state index contributed by atoms with van der Waals surface area (Å²) in [6.07, 6.45) is 4.89. The number of nitrogen functional groups attached to an aromatic ring is 1. The summed E-state index contributed by atoms with van der Waals surface area (Å²) < 4.78 is 6.74. The van der Waals surface area contributed by atoms with Crippen LogP contribution in [0.4, 0.5) is 5.95 Å². The molecule has 0 bridgehead atoms. The van der Waals surface area contributed by atoms with E-state index in [-0.39, 0.29) is 12.1 Å². The van der Waals surface area contributed by atoms with Gasteiger partial charge in [-0.2, -0.15) is 4.98 Å². The van der Waals surface area contributed by atoms with Crippen molar-refractivity contribution >= 4 is 21.9 Å². The van der Waals surface area contributed by atoms with E-state index < -0.39 is 0 Å². The summed E-state index contributed by atoms with van der Waals surface area (Å²) in [6, 6.07) is 8.40. The fraction of sp³-hybridized carbons (Fsp3) is 0.286. The van der Waals surface area contributed by atoms with Crippen LogP contribution in [0.5, 0.6) is 5.88 Å². The third kappa shape index (κ3) is 2.56. The van der Waals surface area contributed by atoms with Crippen molar-refractivity contribution in [3.05, 3.63) is 46.1 Å². The molecule has 1 aromatic carbocycles. The van der Waals surface area contributed by atoms with E-state index in [1.54, 1.807) is 6.20 Å². The molecular weight excluding hydrogens is 306 g/mol. The maximum atomic E-state index is 6.02. The fourth-order valence-electron chi connectivity index (χ4n) is 2.41. The fourth-order valence-corrected chi connectivity index (χ4v) is 2.70. The molecule has 1 aliphatic rings. The molecule has 0 spiro atoms. The maximum absolute atomic E-state index is 6.02. The van der Waals surface area contributed by atoms with Crippen molar-refractivity contribution in [2.24, 2.45) is 0 Å². The van der Waals surface area contributed by atoms with Gasteiger partial charge in [0.25, 0.3) is 0 Å². The molecule has 3 rings (SSSR count). The first-order chi connectivity index (χ1) is 9.24. The Labute approximate surface area is 120 Å². The van der Waals surface area contributed by atoms with Crippen LogP contribution >= 0.6 is 15.9 Å². The second-order valence-electron chi connectivity index (χ2n) is 4.58. The molecule has 2 aromatic rings. The maximum Gasteiger partial charge on any atom is 0.233 e. The minimum absolute atomic E-state index is 0.0375. The molecule has 4 nitrogen and oxygen atoms in total. The van der Waals surface area contributed by atoms with Crippen LogP contribution in [-0.4, -0.2) is 9.97 Å². The van der Waals surface area contributed by atoms with Gasteiger partial charge in [0.05, 0.1) is 10.7 Å². The average molecular weight is 320 g/mol. The van der Waals surface area contributed by atoms with Crippen molar-refractivity contribution < 1.29 is 4.74 Å². The second-order valence-corrected chi connectivity index (χ2v) is 5.43. The Bertz CT molecular complexity index is 603. The van der Waals surface area contributed by atoms with Crippen LogP contribution in [0.15, 0.2) is 34.9 Å². The lowest BCUT2D eigenvalue weighted by molar-refractivity contribution is 0.174. The molecule has 0 fully saturated rings. The topological polar surface area (TPSA) is 61.0 Å². The predicted octanol–water partition coefficient (Wildman–Crippen LogP) is 3.28. The van der Waals surface area contributed by atoms with E-state index >= 15 is 0 Å². The number of halogens is 1. The van der Waals surface area contributed by atoms with Crippen LogP contribution in [0, 0.1) is 0 Å². The van der Waals surface area contributed by atoms with Crippen molar-refractivity contribution in [3.63, 3.8) is 0 Å². The van der Waals surface area contributed by atoms with Crippen LogP contribution in [0.3, 0.4) is 0 Å². The number of benzene rings is 1. The molecular formula is C14H14BrN3O. The van der Waals surface area contributed by atoms with E-state index in [0.29, 0.717) is 5.88 Å². The van der Waals surface area contributed by atoms with Gasteiger partial charge in [0.15, 0.2) is 0 Å². The molecule has 0 saturated carbocycles. The molecule has 1 atom stereocenters. The highest BCUT2D eigenvalue weighted by Gasteiger charge is 2.22. The summed E-state index contributed by atoms with van der Waals surface area (Å²) in [5.41, 5.74) is 8.21. The van der Waals surface area contributed by atoms with Gasteiger partial charge in [0, 0.05) is 0 Å². The Morgan fingerprint density at radius 1 is 1.32 bits per heavy atom. The van der Waals surface area contributed by atoms with E-state index in [4.69, 9.17) is 10.5 Å². The average Bonchev–Trinajstić information content (AvgIpc) is 2.43. The van der Waals surface area contributed by atoms with Crippen molar-refractivity contribution in [2.75, 3.05) is 5.73 Å². The summed E-state index contributed by atoms with van der Waals surface area (Å²) in [5.74, 6) is 0.733. The highest BCUT2D eigenvalue weighted by atomic mass is 79.9. The van der Waals surface area contributed by atoms with Crippen LogP contribution in [-0.2, 0) is 6.42 Å². The lowest BCUT2D eigenvalue weighted by Gasteiger charge is -2.26. The van der Waals surface area contributed by atoms with E-state index in [2.05, 4.69) is 44.1 Å². The third-order valence-corrected chi connectivity index (χ3v) is 3.84. The van der Waals surface area contributed by atoms with Crippen molar-refractivity contribution in [1.82, 2.24) is 9.97 Å². The summed E-state index contributed by atoms with van der Waals surface area (Å²) in [4.78, 5) is 8.05. The van der Waals surface area contributed by atoms with Gasteiger partial charge in [-0.1, -0.05) is 24.3 Å². The quantitative estimate of drug-likeness (QED) is 0.922. The van der Waals surface area contributed by atoms with Gasteiger partial charge in [-0.05, 0) is 46.3 Å². The van der Waals surface area contributed by atoms with Crippen molar-refractivity contribution in [1.29, 1.82) is 0 Å². The Kier molecular flexibility index (Phi) is 3.38. The number of anilines is 1. The number of ether oxygens (including phenoxy) is 1. The van der Waals surface area contributed by atoms with Crippen LogP contribution in [0.25, 0.3) is 0 Å². The predicted molar refractivity (Wildman–Crippen MR) is 76.9 cm³/mol. The van der Waals surface area contributed by atoms with Gasteiger partial charge >= 0.3 is 0 Å². The Hall–Kier alpha value is -1.62. The number of aryl methyl sites for hydroxylation is 1. The molecule has 1 heterocycles. The third-order valence-electron chi connectivity index (χ3n) is 3.30. The lowest BCUT2D eigenvalue weighted by atomic mass is 9.89. The molecule has 0 radical (unpaired) electrons. The second kappa shape index (κ2) is 5.17. The summed E-state index contributed by atoms with van der Waals surface area (Å²) in [7, 11) is 0. The highest BCUT2D eigenvalue weighted by Crippen LogP contribution is 2.35. The zero-order valence-electron chi connectivity index (χ0n) is 10.3. The zero-order valence-corrected chi connectivity index (χ0v) is 11.9. The van der Waals surface area contributed by atoms with Crippen LogP contribution in [0.2, 0.25) is 0 Å². The molecule has 0 amide bonds. The SMILES string of the molecule is Nc1ncc(Br)c(OC2CCCc3ccccc32)n1. The number of aromatic nitrogens is 2. The molecule has 1 aromatic heterocycles. The normalized spacial score (nSPS) is 17.8. The monoisotopic (exact) mass is 319 g/mol. The van der Waals surface area contributed by atoms with Gasteiger partial charge in [0.2, 0.25) is 11.8 Å². The van der Waals surface area contributed by atoms with Gasteiger partial charge in [-0.15, -0.1) is 0 Å². The Balaban J connectivity index is 1.90. The molecule has 19 heavy (non-hydrogen) atoms. The molecule has 1 aliphatic carbocycles. The number of rotatable bonds is 2. The van der Waals surface area contributed by atoms with Crippen molar-refractivity contribution in [2.45, 2.75) is 25.4 Å². The summed E-state index contributed by atoms with van der Waals surface area (Å²) in [5, 5.41) is 0. The first-order valence-corrected chi connectivity index (χ1v) is 7.06. The van der Waals surface area contributed by atoms with Gasteiger partial charge in [0.1, 0.15) is 6.10 Å². The van der Waals surface area contributed by atoms with Gasteiger partial charge < -0.3 is 10.5 Å². The highest BCUT2D eigenvalue weighted by molar-refractivity contribution is 9.10. The van der Waals surface area contributed by atoms with Gasteiger partial charge in [-0.3, -0.25) is 0 Å². The minimum atomic E-state index is 0.0375. The standard InChI is InChI=1S/C14H14BrN3O/c15-11-8-17-14(16)18-13(11)19-12-7-3-5-9-4-1-2-6-10(9)12/h1-2,4,6,8,12H,3,5,7H2,(H2,16,17,18). The smallest absolute Gasteiger partial charge is 0.233 e. The number of fused-ring (bicyclic) bond motifs is 1. The van der Waals surface area contributed by atoms with E-state index in [1.165, 1.54) is 11.1 Å². The van der Waals surface area contributed by atoms with E-state index in [0.717, 1.165) is 23.7 Å². The number of hydrogen-bond donors (Lipinski definition) is 1. The molecule has 0 aliphatic heterocycles. The number of nitrogens with two attached hydrogens (primary N) is 1. The number of nitrogens with zero attached hydrogens (tertiary/aromatic N) is 2. The largest absolute Gasteiger partial charge is 0.469 e. The van der Waals surface area contributed by atoms with Crippen LogP contribution < -0.4 is 10.5 Å². The summed E-state index contributed by atoms with van der Waals surface area (Å²) >= 11 is 3.39. The summed E-state index contributed by atoms with van der Waals surface area (Å²) in [6.45, 7) is 0. The Morgan fingerprint density at radius 3 is 3.05 bits per heavy atom. The van der Waals surface area contributed by atoms with E-state index in [9.17, 15) is 0 Å². The van der Waals surface area contributed by atoms with E-state index in [1.807, 2.05) is 6.07 Å². The molecule has 98 valence electrons. The first-order valence-electron chi connectivity index (χ1n) is 6.26. The number of hydrogen-bond acceptors (Lipinski definition) is 4. The lowest BCUT2D eigenvalue weighted by Crippen LogP contribution is -2.16. The van der Waals surface area contributed by atoms with Crippen molar-refractivity contribution in [3.8, 4) is 5.88 Å². The molecule has 2 N–H and O–H groups in total.